The highest BCUT2D eigenvalue weighted by atomic mass is 32.2. The first-order valence-corrected chi connectivity index (χ1v) is 15.4. The summed E-state index contributed by atoms with van der Waals surface area (Å²) in [6, 6.07) is 9.25. The third-order valence-corrected chi connectivity index (χ3v) is 9.13. The zero-order valence-corrected chi connectivity index (χ0v) is 24.4. The van der Waals surface area contributed by atoms with E-state index in [1.165, 1.54) is 18.2 Å². The van der Waals surface area contributed by atoms with E-state index < -0.39 is 31.1 Å². The number of allylic oxidation sites excluding steroid dienone is 5. The maximum Gasteiger partial charge on any atom is 0.294 e. The van der Waals surface area contributed by atoms with Crippen LogP contribution in [0.3, 0.4) is 0 Å². The van der Waals surface area contributed by atoms with Crippen molar-refractivity contribution in [3.63, 3.8) is 0 Å². The summed E-state index contributed by atoms with van der Waals surface area (Å²) < 4.78 is 66.1. The molecule has 2 aromatic rings. The second kappa shape index (κ2) is 10.4. The van der Waals surface area contributed by atoms with Gasteiger partial charge in [0, 0.05) is 28.8 Å². The minimum absolute atomic E-state index is 0.130. The largest absolute Gasteiger partial charge is 0.344 e. The molecule has 0 unspecified atom stereocenters. The van der Waals surface area contributed by atoms with Crippen molar-refractivity contribution in [2.75, 3.05) is 11.4 Å². The minimum atomic E-state index is -4.34. The zero-order chi connectivity index (χ0) is 28.7. The Morgan fingerprint density at radius 1 is 1.03 bits per heavy atom. The number of anilines is 1. The molecule has 0 aromatic heterocycles. The second-order valence-corrected chi connectivity index (χ2v) is 13.6. The fourth-order valence-corrected chi connectivity index (χ4v) is 5.96. The van der Waals surface area contributed by atoms with Gasteiger partial charge in [-0.25, -0.2) is 0 Å². The van der Waals surface area contributed by atoms with Gasteiger partial charge in [0.25, 0.3) is 20.2 Å². The number of nitrogens with zero attached hydrogens (tertiary/aromatic N) is 1. The SMILES string of the molecule is C=C(/C=C/C=C1/N(CCCC)c2ccc(S(=O)(=O)O)cc2C1(C)C)C(C)(C)c1cc(S(=O)(=O)O)ccc1C. The first-order chi connectivity index (χ1) is 17.4. The van der Waals surface area contributed by atoms with Crippen molar-refractivity contribution >= 4 is 25.9 Å². The Hall–Kier alpha value is -2.72. The Balaban J connectivity index is 2.01. The Labute approximate surface area is 227 Å². The van der Waals surface area contributed by atoms with Crippen LogP contribution in [0.25, 0.3) is 0 Å². The van der Waals surface area contributed by atoms with E-state index >= 15 is 0 Å². The van der Waals surface area contributed by atoms with E-state index in [0.717, 1.165) is 53.0 Å². The van der Waals surface area contributed by atoms with Crippen LogP contribution in [0.1, 0.15) is 64.2 Å². The van der Waals surface area contributed by atoms with Gasteiger partial charge in [-0.05, 0) is 72.0 Å². The third-order valence-electron chi connectivity index (χ3n) is 7.43. The molecule has 3 rings (SSSR count). The lowest BCUT2D eigenvalue weighted by atomic mass is 9.76. The van der Waals surface area contributed by atoms with Gasteiger partial charge in [-0.1, -0.05) is 65.8 Å². The molecule has 2 aromatic carbocycles. The predicted octanol–water partition coefficient (Wildman–Crippen LogP) is 6.36. The van der Waals surface area contributed by atoms with Gasteiger partial charge in [0.2, 0.25) is 0 Å². The second-order valence-electron chi connectivity index (χ2n) is 10.8. The van der Waals surface area contributed by atoms with Gasteiger partial charge >= 0.3 is 0 Å². The summed E-state index contributed by atoms with van der Waals surface area (Å²) in [6.45, 7) is 16.9. The van der Waals surface area contributed by atoms with E-state index in [0.29, 0.717) is 0 Å². The van der Waals surface area contributed by atoms with Crippen molar-refractivity contribution < 1.29 is 25.9 Å². The summed E-state index contributed by atoms with van der Waals surface area (Å²) in [5.74, 6) is 0. The van der Waals surface area contributed by atoms with Gasteiger partial charge < -0.3 is 4.90 Å². The van der Waals surface area contributed by atoms with Crippen molar-refractivity contribution in [3.8, 4) is 0 Å². The van der Waals surface area contributed by atoms with Crippen molar-refractivity contribution in [1.82, 2.24) is 0 Å². The number of benzene rings is 2. The Morgan fingerprint density at radius 2 is 1.61 bits per heavy atom. The summed E-state index contributed by atoms with van der Waals surface area (Å²) in [5.41, 5.74) is 3.93. The number of rotatable bonds is 9. The molecule has 206 valence electrons. The molecule has 7 nitrogen and oxygen atoms in total. The van der Waals surface area contributed by atoms with Crippen LogP contribution >= 0.6 is 0 Å². The van der Waals surface area contributed by atoms with Crippen molar-refractivity contribution in [2.45, 2.75) is 75.0 Å². The molecule has 0 saturated carbocycles. The normalized spacial score (nSPS) is 16.8. The van der Waals surface area contributed by atoms with Gasteiger partial charge in [-0.15, -0.1) is 0 Å². The standard InChI is InChI=1S/C29H37NO6S2/c1-8-9-17-30-26-16-15-23(38(34,35)36)19-25(26)29(6,7)27(30)12-10-11-21(3)28(4,5)24-18-22(37(31,32)33)14-13-20(24)2/h10-16,18-19H,3,8-9,17H2,1-2,4-7H3,(H,31,32,33)(H,34,35,36)/b11-10+,27-12+. The average Bonchev–Trinajstić information content (AvgIpc) is 3.02. The lowest BCUT2D eigenvalue weighted by Crippen LogP contribution is -2.27. The van der Waals surface area contributed by atoms with Gasteiger partial charge in [-0.2, -0.15) is 16.8 Å². The van der Waals surface area contributed by atoms with E-state index in [-0.39, 0.29) is 9.79 Å². The molecule has 1 aliphatic rings. The summed E-state index contributed by atoms with van der Waals surface area (Å²) >= 11 is 0. The van der Waals surface area contributed by atoms with Crippen molar-refractivity contribution in [3.05, 3.63) is 89.2 Å². The van der Waals surface area contributed by atoms with Crippen LogP contribution in [0.2, 0.25) is 0 Å². The van der Waals surface area contributed by atoms with Crippen molar-refractivity contribution in [1.29, 1.82) is 0 Å². The molecule has 9 heteroatoms. The monoisotopic (exact) mass is 559 g/mol. The van der Waals surface area contributed by atoms with E-state index in [1.807, 2.05) is 52.8 Å². The molecular weight excluding hydrogens is 522 g/mol. The molecule has 1 aliphatic heterocycles. The predicted molar refractivity (Wildman–Crippen MR) is 152 cm³/mol. The minimum Gasteiger partial charge on any atom is -0.344 e. The van der Waals surface area contributed by atoms with Crippen LogP contribution in [0, 0.1) is 6.92 Å². The fraction of sp³-hybridized carbons (Fsp3) is 0.379. The van der Waals surface area contributed by atoms with Gasteiger partial charge in [0.1, 0.15) is 0 Å². The molecule has 0 atom stereocenters. The quantitative estimate of drug-likeness (QED) is 0.272. The number of hydrogen-bond acceptors (Lipinski definition) is 5. The molecule has 0 fully saturated rings. The molecular formula is C29H37NO6S2. The van der Waals surface area contributed by atoms with E-state index in [2.05, 4.69) is 18.4 Å². The lowest BCUT2D eigenvalue weighted by molar-refractivity contribution is 0.480. The summed E-state index contributed by atoms with van der Waals surface area (Å²) in [4.78, 5) is 1.89. The summed E-state index contributed by atoms with van der Waals surface area (Å²) in [6.07, 6.45) is 7.71. The van der Waals surface area contributed by atoms with Crippen LogP contribution in [0.15, 0.2) is 82.3 Å². The van der Waals surface area contributed by atoms with Crippen LogP contribution in [0.5, 0.6) is 0 Å². The molecule has 0 spiro atoms. The molecule has 1 heterocycles. The van der Waals surface area contributed by atoms with Gasteiger partial charge in [-0.3, -0.25) is 9.11 Å². The number of aryl methyl sites for hydroxylation is 1. The first kappa shape index (κ1) is 29.8. The molecule has 0 aliphatic carbocycles. The molecule has 0 amide bonds. The molecule has 0 bridgehead atoms. The van der Waals surface area contributed by atoms with Crippen LogP contribution in [-0.4, -0.2) is 32.5 Å². The Kier molecular flexibility index (Phi) is 8.20. The maximum atomic E-state index is 11.8. The van der Waals surface area contributed by atoms with E-state index in [1.54, 1.807) is 18.2 Å². The average molecular weight is 560 g/mol. The van der Waals surface area contributed by atoms with E-state index in [4.69, 9.17) is 0 Å². The highest BCUT2D eigenvalue weighted by molar-refractivity contribution is 7.86. The maximum absolute atomic E-state index is 11.8. The van der Waals surface area contributed by atoms with Crippen molar-refractivity contribution in [2.24, 2.45) is 0 Å². The number of unbranched alkanes of at least 4 members (excludes halogenated alkanes) is 1. The Morgan fingerprint density at radius 3 is 2.18 bits per heavy atom. The molecule has 0 saturated heterocycles. The number of fused-ring (bicyclic) bond motifs is 1. The van der Waals surface area contributed by atoms with Crippen LogP contribution in [0.4, 0.5) is 5.69 Å². The Bertz CT molecular complexity index is 1530. The summed E-state index contributed by atoms with van der Waals surface area (Å²) in [5, 5.41) is 0. The number of hydrogen-bond donors (Lipinski definition) is 2. The molecule has 0 radical (unpaired) electrons. The zero-order valence-electron chi connectivity index (χ0n) is 22.8. The van der Waals surface area contributed by atoms with E-state index in [9.17, 15) is 25.9 Å². The van der Waals surface area contributed by atoms with Crippen LogP contribution in [-0.2, 0) is 31.1 Å². The topological polar surface area (TPSA) is 112 Å². The highest BCUT2D eigenvalue weighted by Gasteiger charge is 2.40. The molecule has 38 heavy (non-hydrogen) atoms. The fourth-order valence-electron chi connectivity index (χ4n) is 4.94. The summed E-state index contributed by atoms with van der Waals surface area (Å²) in [7, 11) is -8.67. The molecule has 2 N–H and O–H groups in total. The van der Waals surface area contributed by atoms with Gasteiger partial charge in [0.15, 0.2) is 0 Å². The smallest absolute Gasteiger partial charge is 0.294 e. The van der Waals surface area contributed by atoms with Crippen LogP contribution < -0.4 is 4.90 Å². The third kappa shape index (κ3) is 5.81. The van der Waals surface area contributed by atoms with Gasteiger partial charge in [0.05, 0.1) is 9.79 Å². The highest BCUT2D eigenvalue weighted by Crippen LogP contribution is 2.48. The first-order valence-electron chi connectivity index (χ1n) is 12.5. The lowest BCUT2D eigenvalue weighted by Gasteiger charge is -2.29.